The molecule has 1 rings (SSSR count). The molecule has 1 fully saturated rings. The molecule has 0 spiro atoms. The standard InChI is InChI=1S/C3H6O3.C3H6O/c1-5-3(4)6-2;1-3-2-4-3/h1-2H3;3H,2H2,1H3. The molecule has 0 aromatic heterocycles. The second-order valence-corrected chi connectivity index (χ2v) is 1.80. The number of hydrogen-bond acceptors (Lipinski definition) is 4. The Morgan fingerprint density at radius 3 is 1.80 bits per heavy atom. The van der Waals surface area contributed by atoms with Gasteiger partial charge in [-0.1, -0.05) is 0 Å². The van der Waals surface area contributed by atoms with Crippen molar-refractivity contribution in [3.63, 3.8) is 0 Å². The highest BCUT2D eigenvalue weighted by molar-refractivity contribution is 5.59. The summed E-state index contributed by atoms with van der Waals surface area (Å²) >= 11 is 0. The number of rotatable bonds is 0. The molecule has 4 heteroatoms. The van der Waals surface area contributed by atoms with Crippen molar-refractivity contribution in [3.8, 4) is 0 Å². The Morgan fingerprint density at radius 1 is 1.50 bits per heavy atom. The predicted octanol–water partition coefficient (Wildman–Crippen LogP) is 0.804. The Kier molecular flexibility index (Phi) is 4.66. The SMILES string of the molecule is CC1CO1.COC(=O)OC. The second-order valence-electron chi connectivity index (χ2n) is 1.80. The molecule has 0 aromatic rings. The molecule has 0 amide bonds. The summed E-state index contributed by atoms with van der Waals surface area (Å²) in [5.41, 5.74) is 0. The number of epoxide rings is 1. The lowest BCUT2D eigenvalue weighted by atomic mass is 10.6. The smallest absolute Gasteiger partial charge is 0.438 e. The van der Waals surface area contributed by atoms with E-state index in [9.17, 15) is 4.79 Å². The third-order valence-electron chi connectivity index (χ3n) is 0.833. The first-order chi connectivity index (χ1) is 4.70. The highest BCUT2D eigenvalue weighted by Gasteiger charge is 2.13. The first kappa shape index (κ1) is 9.23. The van der Waals surface area contributed by atoms with Crippen LogP contribution in [0.15, 0.2) is 0 Å². The highest BCUT2D eigenvalue weighted by atomic mass is 16.7. The highest BCUT2D eigenvalue weighted by Crippen LogP contribution is 2.04. The van der Waals surface area contributed by atoms with Gasteiger partial charge in [0.25, 0.3) is 0 Å². The number of carbonyl (C=O) groups excluding carboxylic acids is 1. The summed E-state index contributed by atoms with van der Waals surface area (Å²) in [7, 11) is 2.51. The van der Waals surface area contributed by atoms with Crippen molar-refractivity contribution in [2.45, 2.75) is 13.0 Å². The van der Waals surface area contributed by atoms with Crippen molar-refractivity contribution in [2.75, 3.05) is 20.8 Å². The van der Waals surface area contributed by atoms with Crippen molar-refractivity contribution >= 4 is 6.16 Å². The molecule has 0 aromatic carbocycles. The summed E-state index contributed by atoms with van der Waals surface area (Å²) < 4.78 is 12.8. The Morgan fingerprint density at radius 2 is 1.80 bits per heavy atom. The van der Waals surface area contributed by atoms with Gasteiger partial charge in [0.2, 0.25) is 0 Å². The topological polar surface area (TPSA) is 48.1 Å². The van der Waals surface area contributed by atoms with Crippen LogP contribution in [-0.4, -0.2) is 33.1 Å². The van der Waals surface area contributed by atoms with Gasteiger partial charge in [-0.2, -0.15) is 0 Å². The van der Waals surface area contributed by atoms with Crippen LogP contribution in [0.3, 0.4) is 0 Å². The van der Waals surface area contributed by atoms with Crippen LogP contribution in [0.5, 0.6) is 0 Å². The van der Waals surface area contributed by atoms with Gasteiger partial charge in [-0.15, -0.1) is 0 Å². The van der Waals surface area contributed by atoms with Gasteiger partial charge in [0.15, 0.2) is 0 Å². The van der Waals surface area contributed by atoms with Crippen molar-refractivity contribution in [2.24, 2.45) is 0 Å². The van der Waals surface area contributed by atoms with Gasteiger partial charge in [-0.3, -0.25) is 0 Å². The molecule has 1 saturated heterocycles. The summed E-state index contributed by atoms with van der Waals surface area (Å²) in [6, 6.07) is 0. The van der Waals surface area contributed by atoms with Crippen LogP contribution >= 0.6 is 0 Å². The summed E-state index contributed by atoms with van der Waals surface area (Å²) in [5, 5.41) is 0. The molecule has 10 heavy (non-hydrogen) atoms. The first-order valence-electron chi connectivity index (χ1n) is 2.94. The van der Waals surface area contributed by atoms with Gasteiger partial charge in [0.05, 0.1) is 26.9 Å². The molecule has 0 bridgehead atoms. The molecule has 1 aliphatic rings. The van der Waals surface area contributed by atoms with Crippen LogP contribution in [0, 0.1) is 0 Å². The molecule has 60 valence electrons. The van der Waals surface area contributed by atoms with E-state index in [4.69, 9.17) is 4.74 Å². The van der Waals surface area contributed by atoms with Crippen molar-refractivity contribution < 1.29 is 19.0 Å². The zero-order valence-corrected chi connectivity index (χ0v) is 6.42. The average Bonchev–Trinajstić information content (AvgIpc) is 2.71. The van der Waals surface area contributed by atoms with E-state index in [0.29, 0.717) is 6.10 Å². The second kappa shape index (κ2) is 5.05. The van der Waals surface area contributed by atoms with E-state index in [2.05, 4.69) is 16.4 Å². The molecule has 1 heterocycles. The monoisotopic (exact) mass is 148 g/mol. The molecule has 1 atom stereocenters. The lowest BCUT2D eigenvalue weighted by molar-refractivity contribution is 0.0924. The lowest BCUT2D eigenvalue weighted by Crippen LogP contribution is -1.97. The van der Waals surface area contributed by atoms with E-state index >= 15 is 0 Å². The van der Waals surface area contributed by atoms with E-state index in [1.807, 2.05) is 0 Å². The largest absolute Gasteiger partial charge is 0.507 e. The number of methoxy groups -OCH3 is 2. The zero-order valence-electron chi connectivity index (χ0n) is 6.42. The molecule has 1 aliphatic heterocycles. The Labute approximate surface area is 60.1 Å². The summed E-state index contributed by atoms with van der Waals surface area (Å²) in [6.45, 7) is 3.04. The van der Waals surface area contributed by atoms with E-state index < -0.39 is 6.16 Å². The van der Waals surface area contributed by atoms with Crippen LogP contribution in [0.1, 0.15) is 6.92 Å². The van der Waals surface area contributed by atoms with Crippen LogP contribution in [0.4, 0.5) is 4.79 Å². The van der Waals surface area contributed by atoms with Gasteiger partial charge in [-0.05, 0) is 6.92 Å². The molecule has 0 saturated carbocycles. The molecule has 0 N–H and O–H groups in total. The van der Waals surface area contributed by atoms with E-state index in [1.54, 1.807) is 0 Å². The van der Waals surface area contributed by atoms with Crippen LogP contribution < -0.4 is 0 Å². The predicted molar refractivity (Wildman–Crippen MR) is 34.8 cm³/mol. The first-order valence-corrected chi connectivity index (χ1v) is 2.94. The molecule has 1 unspecified atom stereocenters. The van der Waals surface area contributed by atoms with Crippen LogP contribution in [0.25, 0.3) is 0 Å². The molecule has 0 aliphatic carbocycles. The fraction of sp³-hybridized carbons (Fsp3) is 0.833. The molecule has 0 radical (unpaired) electrons. The fourth-order valence-electron chi connectivity index (χ4n) is 0.180. The molecule has 4 nitrogen and oxygen atoms in total. The number of ether oxygens (including phenoxy) is 3. The quantitative estimate of drug-likeness (QED) is 0.376. The lowest BCUT2D eigenvalue weighted by Gasteiger charge is -1.89. The zero-order chi connectivity index (χ0) is 7.98. The minimum Gasteiger partial charge on any atom is -0.438 e. The summed E-state index contributed by atoms with van der Waals surface area (Å²) in [6.07, 6.45) is -0.0741. The average molecular weight is 148 g/mol. The van der Waals surface area contributed by atoms with Crippen molar-refractivity contribution in [1.82, 2.24) is 0 Å². The maximum absolute atomic E-state index is 9.74. The Hall–Kier alpha value is -0.770. The molecular weight excluding hydrogens is 136 g/mol. The maximum atomic E-state index is 9.74. The van der Waals surface area contributed by atoms with Gasteiger partial charge in [0.1, 0.15) is 0 Å². The van der Waals surface area contributed by atoms with Gasteiger partial charge in [0, 0.05) is 0 Å². The normalized spacial score (nSPS) is 20.1. The number of carbonyl (C=O) groups is 1. The maximum Gasteiger partial charge on any atom is 0.507 e. The van der Waals surface area contributed by atoms with E-state index in [0.717, 1.165) is 6.61 Å². The van der Waals surface area contributed by atoms with Gasteiger partial charge in [-0.25, -0.2) is 4.79 Å². The van der Waals surface area contributed by atoms with Gasteiger partial charge < -0.3 is 14.2 Å². The minimum atomic E-state index is -0.657. The Bertz CT molecular complexity index is 91.9. The van der Waals surface area contributed by atoms with Crippen molar-refractivity contribution in [1.29, 1.82) is 0 Å². The fourth-order valence-corrected chi connectivity index (χ4v) is 0.180. The van der Waals surface area contributed by atoms with E-state index in [-0.39, 0.29) is 0 Å². The van der Waals surface area contributed by atoms with Gasteiger partial charge >= 0.3 is 6.16 Å². The minimum absolute atomic E-state index is 0.583. The third kappa shape index (κ3) is 7.23. The summed E-state index contributed by atoms with van der Waals surface area (Å²) in [5.74, 6) is 0. The van der Waals surface area contributed by atoms with Crippen LogP contribution in [-0.2, 0) is 14.2 Å². The van der Waals surface area contributed by atoms with Crippen LogP contribution in [0.2, 0.25) is 0 Å². The number of hydrogen-bond donors (Lipinski definition) is 0. The molecular formula is C6H12O4. The third-order valence-corrected chi connectivity index (χ3v) is 0.833. The Balaban J connectivity index is 0.000000172. The summed E-state index contributed by atoms with van der Waals surface area (Å²) in [4.78, 5) is 9.74. The van der Waals surface area contributed by atoms with E-state index in [1.165, 1.54) is 14.2 Å². The van der Waals surface area contributed by atoms with Crippen molar-refractivity contribution in [3.05, 3.63) is 0 Å².